The van der Waals surface area contributed by atoms with Crippen LogP contribution in [0.15, 0.2) is 12.1 Å². The van der Waals surface area contributed by atoms with Crippen molar-refractivity contribution in [3.63, 3.8) is 0 Å². The summed E-state index contributed by atoms with van der Waals surface area (Å²) in [6.45, 7) is 6.24. The van der Waals surface area contributed by atoms with Crippen LogP contribution in [0.2, 0.25) is 0 Å². The molecule has 0 radical (unpaired) electrons. The van der Waals surface area contributed by atoms with Crippen LogP contribution in [0.5, 0.6) is 0 Å². The minimum absolute atomic E-state index is 0.00249. The van der Waals surface area contributed by atoms with Gasteiger partial charge in [0.2, 0.25) is 0 Å². The van der Waals surface area contributed by atoms with E-state index in [9.17, 15) is 9.90 Å². The van der Waals surface area contributed by atoms with E-state index < -0.39 is 6.10 Å². The summed E-state index contributed by atoms with van der Waals surface area (Å²) in [5.74, 6) is -0.0401. The van der Waals surface area contributed by atoms with E-state index in [1.165, 1.54) is 17.7 Å². The molecule has 2 heterocycles. The van der Waals surface area contributed by atoms with Gasteiger partial charge < -0.3 is 10.4 Å². The third-order valence-electron chi connectivity index (χ3n) is 5.45. The quantitative estimate of drug-likeness (QED) is 0.858. The zero-order valence-electron chi connectivity index (χ0n) is 15.4. The van der Waals surface area contributed by atoms with Crippen LogP contribution in [0.4, 0.5) is 0 Å². The highest BCUT2D eigenvalue weighted by Gasteiger charge is 2.37. The number of hydrogen-bond acceptors (Lipinski definition) is 4. The summed E-state index contributed by atoms with van der Waals surface area (Å²) in [4.78, 5) is 15.0. The number of nitrogens with zero attached hydrogens (tertiary/aromatic N) is 2. The zero-order chi connectivity index (χ0) is 18.2. The van der Waals surface area contributed by atoms with Gasteiger partial charge in [-0.05, 0) is 45.7 Å². The Kier molecular flexibility index (Phi) is 5.02. The van der Waals surface area contributed by atoms with Gasteiger partial charge >= 0.3 is 0 Å². The second kappa shape index (κ2) is 6.92. The Morgan fingerprint density at radius 2 is 2.08 bits per heavy atom. The summed E-state index contributed by atoms with van der Waals surface area (Å²) in [6.07, 6.45) is 4.09. The molecule has 3 rings (SSSR count). The first kappa shape index (κ1) is 18.1. The van der Waals surface area contributed by atoms with Crippen molar-refractivity contribution in [3.8, 4) is 0 Å². The molecule has 1 unspecified atom stereocenters. The number of hydrogen-bond donors (Lipinski definition) is 2. The number of aliphatic hydroxyl groups excluding tert-OH is 1. The SMILES string of the molecule is Cc1nn(C)c(C)c1C(=O)NCC1(c2ccc(C(C)O)s2)CCCC1. The molecule has 2 aromatic rings. The first-order valence-electron chi connectivity index (χ1n) is 8.91. The summed E-state index contributed by atoms with van der Waals surface area (Å²) in [5.41, 5.74) is 2.34. The molecule has 1 aliphatic rings. The number of nitrogens with one attached hydrogen (secondary N) is 1. The van der Waals surface area contributed by atoms with E-state index >= 15 is 0 Å². The van der Waals surface area contributed by atoms with E-state index in [1.807, 2.05) is 27.0 Å². The Morgan fingerprint density at radius 1 is 1.40 bits per heavy atom. The second-order valence-electron chi connectivity index (χ2n) is 7.22. The molecule has 0 aliphatic heterocycles. The van der Waals surface area contributed by atoms with Crippen molar-refractivity contribution in [1.29, 1.82) is 0 Å². The van der Waals surface area contributed by atoms with Gasteiger partial charge in [0.1, 0.15) is 0 Å². The Hall–Kier alpha value is -1.66. The van der Waals surface area contributed by atoms with E-state index in [0.29, 0.717) is 12.1 Å². The third kappa shape index (κ3) is 3.37. The predicted molar refractivity (Wildman–Crippen MR) is 100 cm³/mol. The van der Waals surface area contributed by atoms with E-state index in [0.717, 1.165) is 29.1 Å². The smallest absolute Gasteiger partial charge is 0.255 e. The van der Waals surface area contributed by atoms with Crippen LogP contribution in [0.25, 0.3) is 0 Å². The molecule has 0 bridgehead atoms. The molecule has 1 fully saturated rings. The van der Waals surface area contributed by atoms with Gasteiger partial charge in [-0.2, -0.15) is 5.10 Å². The molecule has 1 atom stereocenters. The molecule has 1 saturated carbocycles. The lowest BCUT2D eigenvalue weighted by Crippen LogP contribution is -2.38. The fraction of sp³-hybridized carbons (Fsp3) is 0.579. The van der Waals surface area contributed by atoms with Gasteiger partial charge in [0.05, 0.1) is 17.4 Å². The third-order valence-corrected chi connectivity index (χ3v) is 6.95. The van der Waals surface area contributed by atoms with Gasteiger partial charge in [0.25, 0.3) is 5.91 Å². The molecule has 0 saturated heterocycles. The van der Waals surface area contributed by atoms with Crippen LogP contribution in [0.3, 0.4) is 0 Å². The van der Waals surface area contributed by atoms with E-state index in [1.54, 1.807) is 22.9 Å². The summed E-state index contributed by atoms with van der Waals surface area (Å²) < 4.78 is 1.75. The topological polar surface area (TPSA) is 67.2 Å². The van der Waals surface area contributed by atoms with Crippen molar-refractivity contribution < 1.29 is 9.90 Å². The van der Waals surface area contributed by atoms with Gasteiger partial charge in [-0.1, -0.05) is 12.8 Å². The van der Waals surface area contributed by atoms with Crippen LogP contribution in [0.1, 0.15) is 70.2 Å². The van der Waals surface area contributed by atoms with Crippen molar-refractivity contribution >= 4 is 17.2 Å². The maximum Gasteiger partial charge on any atom is 0.255 e. The first-order chi connectivity index (χ1) is 11.8. The lowest BCUT2D eigenvalue weighted by atomic mass is 9.84. The Labute approximate surface area is 153 Å². The standard InChI is InChI=1S/C19H27N3O2S/c1-12-17(13(2)22(4)21-12)18(24)20-11-19(9-5-6-10-19)16-8-7-15(25-16)14(3)23/h7-8,14,23H,5-6,9-11H2,1-4H3,(H,20,24). The number of aromatic nitrogens is 2. The maximum absolute atomic E-state index is 12.7. The number of thiophene rings is 1. The summed E-state index contributed by atoms with van der Waals surface area (Å²) in [7, 11) is 1.86. The zero-order valence-corrected chi connectivity index (χ0v) is 16.2. The minimum Gasteiger partial charge on any atom is -0.388 e. The molecular formula is C19H27N3O2S. The van der Waals surface area contributed by atoms with Crippen LogP contribution >= 0.6 is 11.3 Å². The number of aliphatic hydroxyl groups is 1. The molecule has 25 heavy (non-hydrogen) atoms. The lowest BCUT2D eigenvalue weighted by Gasteiger charge is -2.28. The molecule has 1 amide bonds. The first-order valence-corrected chi connectivity index (χ1v) is 9.72. The van der Waals surface area contributed by atoms with E-state index in [-0.39, 0.29) is 11.3 Å². The molecule has 1 aliphatic carbocycles. The van der Waals surface area contributed by atoms with Gasteiger partial charge in [-0.3, -0.25) is 9.48 Å². The van der Waals surface area contributed by atoms with Gasteiger partial charge in [0, 0.05) is 34.5 Å². The molecule has 5 nitrogen and oxygen atoms in total. The van der Waals surface area contributed by atoms with Crippen LogP contribution in [-0.2, 0) is 12.5 Å². The monoisotopic (exact) mass is 361 g/mol. The maximum atomic E-state index is 12.7. The van der Waals surface area contributed by atoms with Crippen molar-refractivity contribution in [2.75, 3.05) is 6.54 Å². The summed E-state index contributed by atoms with van der Waals surface area (Å²) in [5, 5.41) is 17.3. The highest BCUT2D eigenvalue weighted by atomic mass is 32.1. The largest absolute Gasteiger partial charge is 0.388 e. The average Bonchev–Trinajstić information content (AvgIpc) is 3.26. The molecule has 2 N–H and O–H groups in total. The van der Waals surface area contributed by atoms with Crippen LogP contribution in [-0.4, -0.2) is 27.3 Å². The highest BCUT2D eigenvalue weighted by molar-refractivity contribution is 7.12. The molecule has 0 aromatic carbocycles. The molecule has 2 aromatic heterocycles. The van der Waals surface area contributed by atoms with Gasteiger partial charge in [-0.25, -0.2) is 0 Å². The molecule has 6 heteroatoms. The van der Waals surface area contributed by atoms with Crippen molar-refractivity contribution in [2.45, 2.75) is 58.0 Å². The average molecular weight is 362 g/mol. The number of carbonyl (C=O) groups is 1. The lowest BCUT2D eigenvalue weighted by molar-refractivity contribution is 0.0942. The summed E-state index contributed by atoms with van der Waals surface area (Å²) in [6, 6.07) is 4.15. The Morgan fingerprint density at radius 3 is 2.60 bits per heavy atom. The Bertz CT molecular complexity index is 770. The fourth-order valence-electron chi connectivity index (χ4n) is 3.86. The van der Waals surface area contributed by atoms with Crippen molar-refractivity contribution in [2.24, 2.45) is 7.05 Å². The second-order valence-corrected chi connectivity index (χ2v) is 8.33. The van der Waals surface area contributed by atoms with Gasteiger partial charge in [-0.15, -0.1) is 11.3 Å². The van der Waals surface area contributed by atoms with Crippen molar-refractivity contribution in [1.82, 2.24) is 15.1 Å². The summed E-state index contributed by atoms with van der Waals surface area (Å²) >= 11 is 1.68. The van der Waals surface area contributed by atoms with Gasteiger partial charge in [0.15, 0.2) is 0 Å². The highest BCUT2D eigenvalue weighted by Crippen LogP contribution is 2.44. The normalized spacial score (nSPS) is 17.6. The van der Waals surface area contributed by atoms with Crippen molar-refractivity contribution in [3.05, 3.63) is 38.8 Å². The molecule has 0 spiro atoms. The molecule has 136 valence electrons. The number of aryl methyl sites for hydroxylation is 2. The molecular weight excluding hydrogens is 334 g/mol. The number of rotatable bonds is 5. The number of carbonyl (C=O) groups excluding carboxylic acids is 1. The fourth-order valence-corrected chi connectivity index (χ4v) is 5.05. The van der Waals surface area contributed by atoms with E-state index in [4.69, 9.17) is 0 Å². The Balaban J connectivity index is 1.79. The van der Waals surface area contributed by atoms with Crippen LogP contribution < -0.4 is 5.32 Å². The minimum atomic E-state index is -0.438. The van der Waals surface area contributed by atoms with E-state index in [2.05, 4.69) is 16.5 Å². The predicted octanol–water partition coefficient (Wildman–Crippen LogP) is 3.39. The number of amides is 1. The van der Waals surface area contributed by atoms with Crippen LogP contribution in [0, 0.1) is 13.8 Å².